The molecule has 0 aliphatic heterocycles. The number of aromatic nitrogens is 1. The highest BCUT2D eigenvalue weighted by atomic mass is 32.1. The number of nitrogen functional groups attached to an aromatic ring is 1. The van der Waals surface area contributed by atoms with E-state index >= 15 is 0 Å². The molecule has 2 rings (SSSR count). The van der Waals surface area contributed by atoms with E-state index in [4.69, 9.17) is 5.73 Å². The van der Waals surface area contributed by atoms with Crippen LogP contribution in [-0.4, -0.2) is 10.9 Å². The van der Waals surface area contributed by atoms with E-state index in [0.717, 1.165) is 21.8 Å². The van der Waals surface area contributed by atoms with Gasteiger partial charge in [0.25, 0.3) is 0 Å². The van der Waals surface area contributed by atoms with Crippen LogP contribution in [0.3, 0.4) is 0 Å². The molecule has 0 fully saturated rings. The molecule has 0 aliphatic carbocycles. The molecule has 0 unspecified atom stereocenters. The normalized spacial score (nSPS) is 10.4. The molecule has 4 nitrogen and oxygen atoms in total. The number of thiazole rings is 1. The van der Waals surface area contributed by atoms with Crippen LogP contribution in [0.2, 0.25) is 0 Å². The van der Waals surface area contributed by atoms with E-state index in [2.05, 4.69) is 10.3 Å². The lowest BCUT2D eigenvalue weighted by Crippen LogP contribution is -2.12. The Labute approximate surface area is 116 Å². The highest BCUT2D eigenvalue weighted by Gasteiger charge is 2.08. The summed E-state index contributed by atoms with van der Waals surface area (Å²) < 4.78 is 0. The van der Waals surface area contributed by atoms with Crippen LogP contribution in [0.1, 0.15) is 22.6 Å². The van der Waals surface area contributed by atoms with E-state index in [1.807, 2.05) is 38.1 Å². The van der Waals surface area contributed by atoms with Crippen molar-refractivity contribution in [2.45, 2.75) is 26.7 Å². The van der Waals surface area contributed by atoms with Gasteiger partial charge in [-0.25, -0.2) is 4.98 Å². The lowest BCUT2D eigenvalue weighted by atomic mass is 10.1. The van der Waals surface area contributed by atoms with Gasteiger partial charge in [0.2, 0.25) is 5.91 Å². The molecule has 2 aromatic rings. The van der Waals surface area contributed by atoms with Crippen LogP contribution in [0.25, 0.3) is 0 Å². The second-order valence-electron chi connectivity index (χ2n) is 4.45. The Kier molecular flexibility index (Phi) is 4.16. The fraction of sp³-hybridized carbons (Fsp3) is 0.286. The molecule has 1 aromatic carbocycles. The highest BCUT2D eigenvalue weighted by Crippen LogP contribution is 2.21. The van der Waals surface area contributed by atoms with Crippen LogP contribution in [0.5, 0.6) is 0 Å². The maximum Gasteiger partial charge on any atom is 0.226 e. The van der Waals surface area contributed by atoms with E-state index in [-0.39, 0.29) is 5.91 Å². The number of nitrogens with zero attached hydrogens (tertiary/aromatic N) is 1. The number of carbonyl (C=O) groups is 1. The third-order valence-electron chi connectivity index (χ3n) is 2.90. The number of aryl methyl sites for hydroxylation is 3. The number of amides is 1. The van der Waals surface area contributed by atoms with Gasteiger partial charge in [-0.3, -0.25) is 4.79 Å². The standard InChI is InChI=1S/C14H17N3OS/c1-9-10(2)19-14(16-9)17-13(18)8-5-11-3-6-12(15)7-4-11/h3-4,6-7H,5,8,15H2,1-2H3,(H,16,17,18). The summed E-state index contributed by atoms with van der Waals surface area (Å²) in [5.41, 5.74) is 8.43. The Morgan fingerprint density at radius 2 is 2.00 bits per heavy atom. The number of hydrogen-bond acceptors (Lipinski definition) is 4. The average molecular weight is 275 g/mol. The lowest BCUT2D eigenvalue weighted by molar-refractivity contribution is -0.116. The van der Waals surface area contributed by atoms with E-state index in [9.17, 15) is 4.79 Å². The second-order valence-corrected chi connectivity index (χ2v) is 5.65. The Hall–Kier alpha value is -1.88. The van der Waals surface area contributed by atoms with E-state index in [1.54, 1.807) is 0 Å². The molecule has 0 saturated carbocycles. The third-order valence-corrected chi connectivity index (χ3v) is 3.88. The van der Waals surface area contributed by atoms with Crippen LogP contribution in [0.4, 0.5) is 10.8 Å². The molecule has 3 N–H and O–H groups in total. The van der Waals surface area contributed by atoms with Gasteiger partial charge >= 0.3 is 0 Å². The third kappa shape index (κ3) is 3.79. The molecule has 0 spiro atoms. The minimum Gasteiger partial charge on any atom is -0.399 e. The molecule has 1 aromatic heterocycles. The minimum atomic E-state index is -0.00873. The molecular weight excluding hydrogens is 258 g/mol. The lowest BCUT2D eigenvalue weighted by Gasteiger charge is -2.02. The Balaban J connectivity index is 1.86. The van der Waals surface area contributed by atoms with Crippen molar-refractivity contribution in [3.8, 4) is 0 Å². The first kappa shape index (κ1) is 13.5. The van der Waals surface area contributed by atoms with Crippen molar-refractivity contribution in [2.24, 2.45) is 0 Å². The summed E-state index contributed by atoms with van der Waals surface area (Å²) in [6.07, 6.45) is 1.15. The van der Waals surface area contributed by atoms with Gasteiger partial charge in [0, 0.05) is 17.0 Å². The summed E-state index contributed by atoms with van der Waals surface area (Å²) in [6.45, 7) is 3.94. The SMILES string of the molecule is Cc1nc(NC(=O)CCc2ccc(N)cc2)sc1C. The molecule has 1 heterocycles. The van der Waals surface area contributed by atoms with Gasteiger partial charge in [0.1, 0.15) is 0 Å². The highest BCUT2D eigenvalue weighted by molar-refractivity contribution is 7.15. The number of nitrogens with one attached hydrogen (secondary N) is 1. The van der Waals surface area contributed by atoms with Crippen molar-refractivity contribution in [2.75, 3.05) is 11.1 Å². The zero-order chi connectivity index (χ0) is 13.8. The van der Waals surface area contributed by atoms with Crippen molar-refractivity contribution in [1.82, 2.24) is 4.98 Å². The van der Waals surface area contributed by atoms with Crippen molar-refractivity contribution in [3.05, 3.63) is 40.4 Å². The predicted molar refractivity (Wildman–Crippen MR) is 79.4 cm³/mol. The summed E-state index contributed by atoms with van der Waals surface area (Å²) in [5.74, 6) is -0.00873. The van der Waals surface area contributed by atoms with Gasteiger partial charge < -0.3 is 11.1 Å². The zero-order valence-corrected chi connectivity index (χ0v) is 11.9. The van der Waals surface area contributed by atoms with Gasteiger partial charge in [-0.05, 0) is 38.0 Å². The fourth-order valence-corrected chi connectivity index (χ4v) is 2.48. The molecule has 19 heavy (non-hydrogen) atoms. The number of hydrogen-bond donors (Lipinski definition) is 2. The second kappa shape index (κ2) is 5.84. The maximum absolute atomic E-state index is 11.8. The molecule has 0 bridgehead atoms. The summed E-state index contributed by atoms with van der Waals surface area (Å²) >= 11 is 1.51. The number of anilines is 2. The van der Waals surface area contributed by atoms with E-state index in [0.29, 0.717) is 18.0 Å². The molecule has 5 heteroatoms. The molecule has 100 valence electrons. The Bertz CT molecular complexity index is 555. The number of nitrogens with two attached hydrogens (primary N) is 1. The minimum absolute atomic E-state index is 0.00873. The first-order valence-electron chi connectivity index (χ1n) is 6.13. The predicted octanol–water partition coefficient (Wildman–Crippen LogP) is 2.91. The quantitative estimate of drug-likeness (QED) is 0.843. The van der Waals surface area contributed by atoms with Crippen molar-refractivity contribution in [1.29, 1.82) is 0 Å². The van der Waals surface area contributed by atoms with Crippen LogP contribution < -0.4 is 11.1 Å². The first-order valence-corrected chi connectivity index (χ1v) is 6.94. The number of carbonyl (C=O) groups excluding carboxylic acids is 1. The first-order chi connectivity index (χ1) is 9.04. The van der Waals surface area contributed by atoms with Gasteiger partial charge in [-0.2, -0.15) is 0 Å². The summed E-state index contributed by atoms with van der Waals surface area (Å²) in [6, 6.07) is 7.59. The van der Waals surface area contributed by atoms with E-state index in [1.165, 1.54) is 11.3 Å². The smallest absolute Gasteiger partial charge is 0.226 e. The van der Waals surface area contributed by atoms with E-state index < -0.39 is 0 Å². The molecule has 0 radical (unpaired) electrons. The molecule has 1 amide bonds. The van der Waals surface area contributed by atoms with Crippen LogP contribution in [0, 0.1) is 13.8 Å². The molecule has 0 aliphatic rings. The van der Waals surface area contributed by atoms with Gasteiger partial charge in [-0.15, -0.1) is 11.3 Å². The fourth-order valence-electron chi connectivity index (χ4n) is 1.65. The largest absolute Gasteiger partial charge is 0.399 e. The summed E-state index contributed by atoms with van der Waals surface area (Å²) in [4.78, 5) is 17.2. The monoisotopic (exact) mass is 275 g/mol. The van der Waals surface area contributed by atoms with Crippen LogP contribution in [0.15, 0.2) is 24.3 Å². The average Bonchev–Trinajstić information content (AvgIpc) is 2.67. The molecule has 0 saturated heterocycles. The Morgan fingerprint density at radius 3 is 2.58 bits per heavy atom. The summed E-state index contributed by atoms with van der Waals surface area (Å²) in [7, 11) is 0. The summed E-state index contributed by atoms with van der Waals surface area (Å²) in [5, 5.41) is 3.51. The van der Waals surface area contributed by atoms with Crippen molar-refractivity contribution < 1.29 is 4.79 Å². The Morgan fingerprint density at radius 1 is 1.32 bits per heavy atom. The number of benzene rings is 1. The maximum atomic E-state index is 11.8. The van der Waals surface area contributed by atoms with Crippen molar-refractivity contribution in [3.63, 3.8) is 0 Å². The molecular formula is C14H17N3OS. The topological polar surface area (TPSA) is 68.0 Å². The molecule has 0 atom stereocenters. The van der Waals surface area contributed by atoms with Crippen molar-refractivity contribution >= 4 is 28.1 Å². The van der Waals surface area contributed by atoms with Gasteiger partial charge in [0.15, 0.2) is 5.13 Å². The van der Waals surface area contributed by atoms with Gasteiger partial charge in [0.05, 0.1) is 5.69 Å². The number of rotatable bonds is 4. The van der Waals surface area contributed by atoms with Gasteiger partial charge in [-0.1, -0.05) is 12.1 Å². The van der Waals surface area contributed by atoms with Crippen LogP contribution >= 0.6 is 11.3 Å². The van der Waals surface area contributed by atoms with Crippen LogP contribution in [-0.2, 0) is 11.2 Å². The zero-order valence-electron chi connectivity index (χ0n) is 11.1.